The number of aliphatic hydroxyl groups excluding tert-OH is 1. The SMILES string of the molecule is O=C(NC1(CO)CCSC1)OCc1ccccc1. The zero-order valence-corrected chi connectivity index (χ0v) is 10.9. The molecule has 18 heavy (non-hydrogen) atoms. The molecule has 98 valence electrons. The second kappa shape index (κ2) is 6.11. The maximum absolute atomic E-state index is 11.7. The quantitative estimate of drug-likeness (QED) is 0.873. The normalized spacial score (nSPS) is 22.7. The van der Waals surface area contributed by atoms with Gasteiger partial charge >= 0.3 is 6.09 Å². The Kier molecular flexibility index (Phi) is 4.49. The number of alkyl carbamates (subject to hydrolysis) is 1. The summed E-state index contributed by atoms with van der Waals surface area (Å²) >= 11 is 1.73. The van der Waals surface area contributed by atoms with Crippen molar-refractivity contribution in [2.24, 2.45) is 0 Å². The molecule has 0 aromatic heterocycles. The second-order valence-electron chi connectivity index (χ2n) is 4.43. The molecule has 1 aromatic rings. The van der Waals surface area contributed by atoms with Crippen LogP contribution >= 0.6 is 11.8 Å². The van der Waals surface area contributed by atoms with Gasteiger partial charge in [0.25, 0.3) is 0 Å². The Bertz CT molecular complexity index is 390. The van der Waals surface area contributed by atoms with E-state index in [4.69, 9.17) is 4.74 Å². The van der Waals surface area contributed by atoms with Gasteiger partial charge in [-0.25, -0.2) is 4.79 Å². The highest BCUT2D eigenvalue weighted by molar-refractivity contribution is 7.99. The van der Waals surface area contributed by atoms with Crippen LogP contribution < -0.4 is 5.32 Å². The Hall–Kier alpha value is -1.20. The molecule has 0 saturated carbocycles. The zero-order chi connectivity index (χ0) is 12.8. The van der Waals surface area contributed by atoms with Crippen LogP contribution in [0.1, 0.15) is 12.0 Å². The average Bonchev–Trinajstić information content (AvgIpc) is 2.87. The predicted molar refractivity (Wildman–Crippen MR) is 71.5 cm³/mol. The lowest BCUT2D eigenvalue weighted by molar-refractivity contribution is 0.113. The first kappa shape index (κ1) is 13.2. The fourth-order valence-corrected chi connectivity index (χ4v) is 3.22. The van der Waals surface area contributed by atoms with Gasteiger partial charge in [0.15, 0.2) is 0 Å². The van der Waals surface area contributed by atoms with Crippen molar-refractivity contribution in [1.29, 1.82) is 0 Å². The molecular formula is C13H17NO3S. The number of thioether (sulfide) groups is 1. The van der Waals surface area contributed by atoms with Crippen LogP contribution in [0.15, 0.2) is 30.3 Å². The van der Waals surface area contributed by atoms with Crippen molar-refractivity contribution >= 4 is 17.9 Å². The molecule has 1 aliphatic heterocycles. The van der Waals surface area contributed by atoms with E-state index in [1.54, 1.807) is 11.8 Å². The lowest BCUT2D eigenvalue weighted by Gasteiger charge is -2.26. The van der Waals surface area contributed by atoms with Gasteiger partial charge in [0.05, 0.1) is 12.1 Å². The third kappa shape index (κ3) is 3.40. The van der Waals surface area contributed by atoms with Crippen molar-refractivity contribution in [1.82, 2.24) is 5.32 Å². The number of rotatable bonds is 4. The molecule has 4 nitrogen and oxygen atoms in total. The highest BCUT2D eigenvalue weighted by atomic mass is 32.2. The van der Waals surface area contributed by atoms with Crippen molar-refractivity contribution in [2.75, 3.05) is 18.1 Å². The van der Waals surface area contributed by atoms with E-state index >= 15 is 0 Å². The highest BCUT2D eigenvalue weighted by Crippen LogP contribution is 2.27. The summed E-state index contributed by atoms with van der Waals surface area (Å²) in [5.74, 6) is 1.70. The molecule has 1 amide bonds. The summed E-state index contributed by atoms with van der Waals surface area (Å²) in [6.45, 7) is 0.210. The van der Waals surface area contributed by atoms with E-state index in [1.807, 2.05) is 30.3 Å². The second-order valence-corrected chi connectivity index (χ2v) is 5.53. The van der Waals surface area contributed by atoms with E-state index in [1.165, 1.54) is 0 Å². The number of hydrogen-bond acceptors (Lipinski definition) is 4. The monoisotopic (exact) mass is 267 g/mol. The van der Waals surface area contributed by atoms with Crippen LogP contribution in [0.5, 0.6) is 0 Å². The van der Waals surface area contributed by atoms with Gasteiger partial charge in [0.1, 0.15) is 6.61 Å². The number of nitrogens with one attached hydrogen (secondary N) is 1. The fourth-order valence-electron chi connectivity index (χ4n) is 1.85. The molecule has 1 aliphatic rings. The molecule has 1 heterocycles. The van der Waals surface area contributed by atoms with Gasteiger partial charge in [-0.05, 0) is 17.7 Å². The number of carbonyl (C=O) groups excluding carboxylic acids is 1. The third-order valence-corrected chi connectivity index (χ3v) is 4.24. The topological polar surface area (TPSA) is 58.6 Å². The lowest BCUT2D eigenvalue weighted by atomic mass is 10.0. The highest BCUT2D eigenvalue weighted by Gasteiger charge is 2.35. The van der Waals surface area contributed by atoms with E-state index in [0.29, 0.717) is 0 Å². The Morgan fingerprint density at radius 1 is 1.44 bits per heavy atom. The van der Waals surface area contributed by atoms with Crippen molar-refractivity contribution in [3.63, 3.8) is 0 Å². The average molecular weight is 267 g/mol. The van der Waals surface area contributed by atoms with Crippen LogP contribution in [0.4, 0.5) is 4.79 Å². The summed E-state index contributed by atoms with van der Waals surface area (Å²) in [4.78, 5) is 11.7. The van der Waals surface area contributed by atoms with Crippen molar-refractivity contribution in [3.05, 3.63) is 35.9 Å². The molecule has 5 heteroatoms. The first-order chi connectivity index (χ1) is 8.74. The number of amides is 1. The first-order valence-corrected chi connectivity index (χ1v) is 7.07. The molecule has 0 spiro atoms. The van der Waals surface area contributed by atoms with E-state index in [0.717, 1.165) is 23.5 Å². The first-order valence-electron chi connectivity index (χ1n) is 5.92. The van der Waals surface area contributed by atoms with Crippen LogP contribution in [0.2, 0.25) is 0 Å². The van der Waals surface area contributed by atoms with Gasteiger partial charge in [-0.2, -0.15) is 11.8 Å². The van der Waals surface area contributed by atoms with Crippen molar-refractivity contribution in [2.45, 2.75) is 18.6 Å². The Morgan fingerprint density at radius 2 is 2.22 bits per heavy atom. The van der Waals surface area contributed by atoms with Crippen LogP contribution in [-0.4, -0.2) is 34.9 Å². The van der Waals surface area contributed by atoms with Crippen molar-refractivity contribution < 1.29 is 14.6 Å². The Morgan fingerprint density at radius 3 is 2.83 bits per heavy atom. The zero-order valence-electron chi connectivity index (χ0n) is 10.1. The van der Waals surface area contributed by atoms with Gasteiger partial charge in [0, 0.05) is 5.75 Å². The van der Waals surface area contributed by atoms with Gasteiger partial charge in [-0.3, -0.25) is 0 Å². The Labute approximate surface area is 111 Å². The molecule has 0 aliphatic carbocycles. The van der Waals surface area contributed by atoms with Gasteiger partial charge in [-0.15, -0.1) is 0 Å². The van der Waals surface area contributed by atoms with E-state index in [2.05, 4.69) is 5.32 Å². The largest absolute Gasteiger partial charge is 0.445 e. The summed E-state index contributed by atoms with van der Waals surface area (Å²) in [7, 11) is 0. The molecule has 1 saturated heterocycles. The minimum absolute atomic E-state index is 0.0412. The van der Waals surface area contributed by atoms with E-state index < -0.39 is 11.6 Å². The standard InChI is InChI=1S/C13H17NO3S/c15-9-13(6-7-18-10-13)14-12(16)17-8-11-4-2-1-3-5-11/h1-5,15H,6-10H2,(H,14,16). The molecule has 1 unspecified atom stereocenters. The van der Waals surface area contributed by atoms with Gasteiger partial charge in [-0.1, -0.05) is 30.3 Å². The van der Waals surface area contributed by atoms with Crippen molar-refractivity contribution in [3.8, 4) is 0 Å². The summed E-state index contributed by atoms with van der Waals surface area (Å²) < 4.78 is 5.15. The number of benzene rings is 1. The Balaban J connectivity index is 1.82. The molecule has 2 N–H and O–H groups in total. The lowest BCUT2D eigenvalue weighted by Crippen LogP contribution is -2.51. The van der Waals surface area contributed by atoms with Crippen LogP contribution in [0.25, 0.3) is 0 Å². The van der Waals surface area contributed by atoms with Crippen LogP contribution in [-0.2, 0) is 11.3 Å². The summed E-state index contributed by atoms with van der Waals surface area (Å²) in [5, 5.41) is 12.1. The molecule has 2 rings (SSSR count). The third-order valence-electron chi connectivity index (χ3n) is 2.99. The number of ether oxygens (including phenoxy) is 1. The molecule has 1 atom stereocenters. The van der Waals surface area contributed by atoms with E-state index in [9.17, 15) is 9.90 Å². The van der Waals surface area contributed by atoms with Crippen LogP contribution in [0, 0.1) is 0 Å². The smallest absolute Gasteiger partial charge is 0.408 e. The molecule has 1 fully saturated rings. The van der Waals surface area contributed by atoms with Gasteiger partial charge in [0.2, 0.25) is 0 Å². The summed E-state index contributed by atoms with van der Waals surface area (Å²) in [5.41, 5.74) is 0.449. The molecule has 1 aromatic carbocycles. The number of aliphatic hydroxyl groups is 1. The fraction of sp³-hybridized carbons (Fsp3) is 0.462. The number of carbonyl (C=O) groups is 1. The molecular weight excluding hydrogens is 250 g/mol. The summed E-state index contributed by atoms with van der Waals surface area (Å²) in [6, 6.07) is 9.53. The maximum Gasteiger partial charge on any atom is 0.408 e. The predicted octanol–water partition coefficient (Wildman–Crippen LogP) is 1.78. The van der Waals surface area contributed by atoms with Crippen LogP contribution in [0.3, 0.4) is 0 Å². The number of hydrogen-bond donors (Lipinski definition) is 2. The van der Waals surface area contributed by atoms with E-state index in [-0.39, 0.29) is 13.2 Å². The van der Waals surface area contributed by atoms with Gasteiger partial charge < -0.3 is 15.2 Å². The minimum Gasteiger partial charge on any atom is -0.445 e. The summed E-state index contributed by atoms with van der Waals surface area (Å²) in [6.07, 6.45) is 0.324. The molecule has 0 radical (unpaired) electrons. The minimum atomic E-state index is -0.502. The molecule has 0 bridgehead atoms. The maximum atomic E-state index is 11.7.